The van der Waals surface area contributed by atoms with Gasteiger partial charge in [0.15, 0.2) is 0 Å². The summed E-state index contributed by atoms with van der Waals surface area (Å²) >= 11 is 0. The Morgan fingerprint density at radius 2 is 1.65 bits per heavy atom. The average molecular weight is 265 g/mol. The molecule has 20 heavy (non-hydrogen) atoms. The first kappa shape index (κ1) is 12.9. The maximum absolute atomic E-state index is 11.7. The predicted octanol–water partition coefficient (Wildman–Crippen LogP) is 4.53. The second kappa shape index (κ2) is 4.78. The standard InChI is InChI=1S/C18H19NO/c1-11(2)13-4-6-14(7-5-13)15-8-9-17-16(10-15)12(3)18(20)19-17/h4-12H,1-3H3,(H,19,20). The molecule has 3 rings (SSSR count). The lowest BCUT2D eigenvalue weighted by molar-refractivity contribution is -0.116. The molecule has 0 aliphatic carbocycles. The van der Waals surface area contributed by atoms with Gasteiger partial charge in [-0.1, -0.05) is 44.2 Å². The van der Waals surface area contributed by atoms with Crippen LogP contribution in [0.2, 0.25) is 0 Å². The van der Waals surface area contributed by atoms with E-state index in [2.05, 4.69) is 55.6 Å². The molecule has 1 unspecified atom stereocenters. The largest absolute Gasteiger partial charge is 0.325 e. The normalized spacial score (nSPS) is 17.2. The van der Waals surface area contributed by atoms with Crippen LogP contribution in [0.5, 0.6) is 0 Å². The topological polar surface area (TPSA) is 29.1 Å². The highest BCUT2D eigenvalue weighted by Gasteiger charge is 2.26. The smallest absolute Gasteiger partial charge is 0.231 e. The third kappa shape index (κ3) is 2.11. The molecule has 2 nitrogen and oxygen atoms in total. The summed E-state index contributed by atoms with van der Waals surface area (Å²) in [6, 6.07) is 14.9. The molecule has 0 bridgehead atoms. The highest BCUT2D eigenvalue weighted by atomic mass is 16.2. The summed E-state index contributed by atoms with van der Waals surface area (Å²) < 4.78 is 0. The van der Waals surface area contributed by atoms with E-state index >= 15 is 0 Å². The minimum atomic E-state index is -0.0557. The Hall–Kier alpha value is -2.09. The molecule has 1 amide bonds. The SMILES string of the molecule is CC(C)c1ccc(-c2ccc3c(c2)C(C)C(=O)N3)cc1. The van der Waals surface area contributed by atoms with Gasteiger partial charge in [-0.3, -0.25) is 4.79 Å². The van der Waals surface area contributed by atoms with E-state index in [4.69, 9.17) is 0 Å². The van der Waals surface area contributed by atoms with Gasteiger partial charge in [0, 0.05) is 5.69 Å². The molecule has 1 heterocycles. The average Bonchev–Trinajstić information content (AvgIpc) is 2.74. The molecule has 2 aromatic carbocycles. The number of hydrogen-bond donors (Lipinski definition) is 1. The van der Waals surface area contributed by atoms with Gasteiger partial charge < -0.3 is 5.32 Å². The molecule has 0 saturated carbocycles. The fourth-order valence-electron chi connectivity index (χ4n) is 2.66. The Bertz CT molecular complexity index is 656. The quantitative estimate of drug-likeness (QED) is 0.849. The highest BCUT2D eigenvalue weighted by Crippen LogP contribution is 2.35. The molecule has 0 saturated heterocycles. The maximum Gasteiger partial charge on any atom is 0.231 e. The minimum Gasteiger partial charge on any atom is -0.325 e. The zero-order valence-corrected chi connectivity index (χ0v) is 12.1. The number of carbonyl (C=O) groups is 1. The van der Waals surface area contributed by atoms with E-state index in [1.165, 1.54) is 16.7 Å². The number of rotatable bonds is 2. The van der Waals surface area contributed by atoms with Gasteiger partial charge in [0.05, 0.1) is 5.92 Å². The van der Waals surface area contributed by atoms with Crippen molar-refractivity contribution in [2.75, 3.05) is 5.32 Å². The van der Waals surface area contributed by atoms with Gasteiger partial charge in [0.2, 0.25) is 5.91 Å². The fourth-order valence-corrected chi connectivity index (χ4v) is 2.66. The number of anilines is 1. The van der Waals surface area contributed by atoms with Crippen molar-refractivity contribution in [3.63, 3.8) is 0 Å². The number of hydrogen-bond acceptors (Lipinski definition) is 1. The lowest BCUT2D eigenvalue weighted by Gasteiger charge is -2.09. The van der Waals surface area contributed by atoms with Crippen molar-refractivity contribution in [2.24, 2.45) is 0 Å². The van der Waals surface area contributed by atoms with E-state index in [0.29, 0.717) is 5.92 Å². The van der Waals surface area contributed by atoms with Crippen molar-refractivity contribution in [3.05, 3.63) is 53.6 Å². The van der Waals surface area contributed by atoms with Gasteiger partial charge in [-0.2, -0.15) is 0 Å². The molecule has 1 aliphatic heterocycles. The summed E-state index contributed by atoms with van der Waals surface area (Å²) in [4.78, 5) is 11.7. The molecule has 1 aliphatic rings. The van der Waals surface area contributed by atoms with Crippen molar-refractivity contribution >= 4 is 11.6 Å². The van der Waals surface area contributed by atoms with E-state index in [1.54, 1.807) is 0 Å². The Labute approximate surface area is 119 Å². The van der Waals surface area contributed by atoms with Crippen molar-refractivity contribution in [3.8, 4) is 11.1 Å². The highest BCUT2D eigenvalue weighted by molar-refractivity contribution is 6.03. The van der Waals surface area contributed by atoms with Crippen LogP contribution in [-0.2, 0) is 4.79 Å². The second-order valence-electron chi connectivity index (χ2n) is 5.79. The fraction of sp³-hybridized carbons (Fsp3) is 0.278. The van der Waals surface area contributed by atoms with Gasteiger partial charge in [0.25, 0.3) is 0 Å². The van der Waals surface area contributed by atoms with Crippen LogP contribution >= 0.6 is 0 Å². The lowest BCUT2D eigenvalue weighted by atomic mass is 9.95. The van der Waals surface area contributed by atoms with Crippen molar-refractivity contribution in [2.45, 2.75) is 32.6 Å². The Balaban J connectivity index is 1.98. The molecule has 2 aromatic rings. The zero-order valence-electron chi connectivity index (χ0n) is 12.1. The van der Waals surface area contributed by atoms with Crippen LogP contribution in [0.1, 0.15) is 43.7 Å². The second-order valence-corrected chi connectivity index (χ2v) is 5.79. The molecule has 0 radical (unpaired) electrons. The summed E-state index contributed by atoms with van der Waals surface area (Å²) in [7, 11) is 0. The number of nitrogens with one attached hydrogen (secondary N) is 1. The van der Waals surface area contributed by atoms with Gasteiger partial charge in [0.1, 0.15) is 0 Å². The van der Waals surface area contributed by atoms with Gasteiger partial charge in [-0.25, -0.2) is 0 Å². The van der Waals surface area contributed by atoms with E-state index in [0.717, 1.165) is 11.3 Å². The first-order chi connectivity index (χ1) is 9.56. The molecule has 0 aromatic heterocycles. The summed E-state index contributed by atoms with van der Waals surface area (Å²) in [5, 5.41) is 2.91. The third-order valence-electron chi connectivity index (χ3n) is 4.08. The van der Waals surface area contributed by atoms with Crippen molar-refractivity contribution in [1.82, 2.24) is 0 Å². The molecular weight excluding hydrogens is 246 g/mol. The van der Waals surface area contributed by atoms with Crippen LogP contribution < -0.4 is 5.32 Å². The monoisotopic (exact) mass is 265 g/mol. The maximum atomic E-state index is 11.7. The minimum absolute atomic E-state index is 0.0557. The van der Waals surface area contributed by atoms with Crippen LogP contribution in [0.4, 0.5) is 5.69 Å². The molecular formula is C18H19NO. The van der Waals surface area contributed by atoms with Crippen molar-refractivity contribution < 1.29 is 4.79 Å². The van der Waals surface area contributed by atoms with Crippen LogP contribution in [0.3, 0.4) is 0 Å². The Morgan fingerprint density at radius 1 is 1.00 bits per heavy atom. The summed E-state index contributed by atoms with van der Waals surface area (Å²) in [5.74, 6) is 0.582. The van der Waals surface area contributed by atoms with E-state index in [-0.39, 0.29) is 11.8 Å². The third-order valence-corrected chi connectivity index (χ3v) is 4.08. The summed E-state index contributed by atoms with van der Waals surface area (Å²) in [6.07, 6.45) is 0. The van der Waals surface area contributed by atoms with Crippen LogP contribution in [0.25, 0.3) is 11.1 Å². The van der Waals surface area contributed by atoms with E-state index < -0.39 is 0 Å². The first-order valence-electron chi connectivity index (χ1n) is 7.11. The number of benzene rings is 2. The first-order valence-corrected chi connectivity index (χ1v) is 7.11. The predicted molar refractivity (Wildman–Crippen MR) is 83.0 cm³/mol. The molecule has 1 atom stereocenters. The van der Waals surface area contributed by atoms with Gasteiger partial charge >= 0.3 is 0 Å². The molecule has 0 fully saturated rings. The van der Waals surface area contributed by atoms with Crippen molar-refractivity contribution in [1.29, 1.82) is 0 Å². The number of amides is 1. The summed E-state index contributed by atoms with van der Waals surface area (Å²) in [5.41, 5.74) is 5.76. The molecule has 2 heteroatoms. The zero-order chi connectivity index (χ0) is 14.3. The van der Waals surface area contributed by atoms with E-state index in [9.17, 15) is 4.79 Å². The van der Waals surface area contributed by atoms with Crippen LogP contribution in [0.15, 0.2) is 42.5 Å². The Kier molecular flexibility index (Phi) is 3.09. The summed E-state index contributed by atoms with van der Waals surface area (Å²) in [6.45, 7) is 6.35. The molecule has 1 N–H and O–H groups in total. The molecule has 102 valence electrons. The van der Waals surface area contributed by atoms with Crippen LogP contribution in [0, 0.1) is 0 Å². The lowest BCUT2D eigenvalue weighted by Crippen LogP contribution is -2.08. The molecule has 0 spiro atoms. The van der Waals surface area contributed by atoms with E-state index in [1.807, 2.05) is 13.0 Å². The van der Waals surface area contributed by atoms with Gasteiger partial charge in [-0.15, -0.1) is 0 Å². The number of carbonyl (C=O) groups excluding carboxylic acids is 1. The van der Waals surface area contributed by atoms with Gasteiger partial charge in [-0.05, 0) is 47.2 Å². The van der Waals surface area contributed by atoms with Crippen LogP contribution in [-0.4, -0.2) is 5.91 Å². The number of fused-ring (bicyclic) bond motifs is 1. The Morgan fingerprint density at radius 3 is 2.30 bits per heavy atom.